The molecule has 3 N–H and O–H groups in total. The lowest BCUT2D eigenvalue weighted by Crippen LogP contribution is -2.31. The third kappa shape index (κ3) is 2.08. The van der Waals surface area contributed by atoms with Gasteiger partial charge in [0.1, 0.15) is 5.75 Å². The Morgan fingerprint density at radius 1 is 0.875 bits per heavy atom. The highest BCUT2D eigenvalue weighted by Crippen LogP contribution is 2.19. The number of hydrogen-bond donors (Lipinski definition) is 3. The van der Waals surface area contributed by atoms with Crippen molar-refractivity contribution in [2.45, 2.75) is 0 Å². The van der Waals surface area contributed by atoms with Crippen LogP contribution in [0.25, 0.3) is 11.1 Å². The summed E-state index contributed by atoms with van der Waals surface area (Å²) < 4.78 is 0. The largest absolute Gasteiger partial charge is 0.508 e. The summed E-state index contributed by atoms with van der Waals surface area (Å²) in [6.07, 6.45) is 0. The van der Waals surface area contributed by atoms with Gasteiger partial charge in [-0.05, 0) is 28.7 Å². The Bertz CT molecular complexity index is 483. The Balaban J connectivity index is 2.57. The van der Waals surface area contributed by atoms with Crippen LogP contribution in [0.1, 0.15) is 0 Å². The summed E-state index contributed by atoms with van der Waals surface area (Å²) in [5.41, 5.74) is 1.88. The molecule has 0 unspecified atom stereocenters. The summed E-state index contributed by atoms with van der Waals surface area (Å²) in [7, 11) is -1.60. The van der Waals surface area contributed by atoms with E-state index in [9.17, 15) is 15.2 Å². The van der Waals surface area contributed by atoms with Crippen LogP contribution in [0, 0.1) is 0 Å². The van der Waals surface area contributed by atoms with Crippen molar-refractivity contribution >= 4 is 12.6 Å². The lowest BCUT2D eigenvalue weighted by molar-refractivity contribution is 0.425. The van der Waals surface area contributed by atoms with Gasteiger partial charge in [0.25, 0.3) is 0 Å². The maximum atomic E-state index is 9.31. The van der Waals surface area contributed by atoms with Crippen LogP contribution in [0.3, 0.4) is 0 Å². The van der Waals surface area contributed by atoms with Crippen LogP contribution in [-0.2, 0) is 0 Å². The molecule has 2 aromatic rings. The van der Waals surface area contributed by atoms with Gasteiger partial charge in [0, 0.05) is 0 Å². The zero-order valence-electron chi connectivity index (χ0n) is 8.54. The van der Waals surface area contributed by atoms with Crippen molar-refractivity contribution in [3.63, 3.8) is 0 Å². The first-order valence-corrected chi connectivity index (χ1v) is 4.93. The van der Waals surface area contributed by atoms with Crippen molar-refractivity contribution in [1.29, 1.82) is 0 Å². The first kappa shape index (κ1) is 10.7. The van der Waals surface area contributed by atoms with Gasteiger partial charge in [-0.25, -0.2) is 0 Å². The Hall–Kier alpha value is -1.78. The zero-order chi connectivity index (χ0) is 11.5. The van der Waals surface area contributed by atoms with E-state index < -0.39 is 7.12 Å². The van der Waals surface area contributed by atoms with Crippen LogP contribution in [0.5, 0.6) is 5.75 Å². The summed E-state index contributed by atoms with van der Waals surface area (Å²) in [6.45, 7) is 0. The van der Waals surface area contributed by atoms with Gasteiger partial charge in [-0.15, -0.1) is 0 Å². The lowest BCUT2D eigenvalue weighted by atomic mass is 9.75. The fourth-order valence-electron chi connectivity index (χ4n) is 1.64. The molecule has 0 spiro atoms. The van der Waals surface area contributed by atoms with E-state index in [4.69, 9.17) is 0 Å². The number of phenols is 1. The van der Waals surface area contributed by atoms with Gasteiger partial charge in [-0.3, -0.25) is 0 Å². The smallest absolute Gasteiger partial charge is 0.489 e. The van der Waals surface area contributed by atoms with E-state index in [0.29, 0.717) is 11.0 Å². The maximum Gasteiger partial charge on any atom is 0.489 e. The van der Waals surface area contributed by atoms with Crippen LogP contribution in [0.15, 0.2) is 48.5 Å². The number of rotatable bonds is 2. The third-order valence-electron chi connectivity index (χ3n) is 2.40. The van der Waals surface area contributed by atoms with Gasteiger partial charge in [-0.1, -0.05) is 36.4 Å². The lowest BCUT2D eigenvalue weighted by Gasteiger charge is -2.09. The molecule has 0 amide bonds. The second-order valence-electron chi connectivity index (χ2n) is 3.51. The quantitative estimate of drug-likeness (QED) is 0.646. The third-order valence-corrected chi connectivity index (χ3v) is 2.40. The number of hydrogen-bond acceptors (Lipinski definition) is 3. The predicted octanol–water partition coefficient (Wildman–Crippen LogP) is 0.739. The van der Waals surface area contributed by atoms with Crippen molar-refractivity contribution in [2.75, 3.05) is 0 Å². The van der Waals surface area contributed by atoms with E-state index in [1.54, 1.807) is 6.07 Å². The van der Waals surface area contributed by atoms with Gasteiger partial charge in [0.2, 0.25) is 0 Å². The van der Waals surface area contributed by atoms with E-state index in [1.807, 2.05) is 30.3 Å². The van der Waals surface area contributed by atoms with E-state index >= 15 is 0 Å². The molecule has 0 aliphatic carbocycles. The average molecular weight is 214 g/mol. The molecule has 16 heavy (non-hydrogen) atoms. The maximum absolute atomic E-state index is 9.31. The standard InChI is InChI=1S/C12H11BO3/c14-10-6-7-11(12(8-10)13(15)16)9-4-2-1-3-5-9/h1-8,14-16H. The molecule has 80 valence electrons. The fourth-order valence-corrected chi connectivity index (χ4v) is 1.64. The highest BCUT2D eigenvalue weighted by atomic mass is 16.4. The molecular weight excluding hydrogens is 203 g/mol. The molecule has 0 atom stereocenters. The van der Waals surface area contributed by atoms with Crippen molar-refractivity contribution in [3.05, 3.63) is 48.5 Å². The van der Waals surface area contributed by atoms with Gasteiger partial charge in [0.15, 0.2) is 0 Å². The van der Waals surface area contributed by atoms with E-state index in [0.717, 1.165) is 5.56 Å². The Labute approximate surface area is 93.8 Å². The van der Waals surface area contributed by atoms with Crippen LogP contribution in [0.2, 0.25) is 0 Å². The Kier molecular flexibility index (Phi) is 2.94. The predicted molar refractivity (Wildman–Crippen MR) is 63.4 cm³/mol. The van der Waals surface area contributed by atoms with Crippen LogP contribution in [0.4, 0.5) is 0 Å². The molecule has 0 saturated carbocycles. The molecular formula is C12H11BO3. The monoisotopic (exact) mass is 214 g/mol. The van der Waals surface area contributed by atoms with Gasteiger partial charge < -0.3 is 15.2 Å². The average Bonchev–Trinajstić information content (AvgIpc) is 2.30. The summed E-state index contributed by atoms with van der Waals surface area (Å²) in [5.74, 6) is 0.0165. The molecule has 2 aromatic carbocycles. The summed E-state index contributed by atoms with van der Waals surface area (Å²) in [5, 5.41) is 27.8. The molecule has 2 rings (SSSR count). The minimum absolute atomic E-state index is 0.0165. The molecule has 4 heteroatoms. The molecule has 0 saturated heterocycles. The minimum atomic E-state index is -1.60. The first-order chi connectivity index (χ1) is 7.68. The Morgan fingerprint density at radius 2 is 1.56 bits per heavy atom. The van der Waals surface area contributed by atoms with Crippen LogP contribution < -0.4 is 5.46 Å². The summed E-state index contributed by atoms with van der Waals surface area (Å²) in [4.78, 5) is 0. The van der Waals surface area contributed by atoms with Crippen molar-refractivity contribution in [3.8, 4) is 16.9 Å². The number of phenolic OH excluding ortho intramolecular Hbond substituents is 1. The van der Waals surface area contributed by atoms with Gasteiger partial charge >= 0.3 is 7.12 Å². The number of benzene rings is 2. The van der Waals surface area contributed by atoms with Gasteiger partial charge in [0.05, 0.1) is 0 Å². The van der Waals surface area contributed by atoms with Crippen molar-refractivity contribution in [2.24, 2.45) is 0 Å². The zero-order valence-corrected chi connectivity index (χ0v) is 8.54. The topological polar surface area (TPSA) is 60.7 Å². The summed E-state index contributed by atoms with van der Waals surface area (Å²) in [6, 6.07) is 13.9. The molecule has 0 aromatic heterocycles. The van der Waals surface area contributed by atoms with Crippen molar-refractivity contribution in [1.82, 2.24) is 0 Å². The first-order valence-electron chi connectivity index (χ1n) is 4.93. The molecule has 0 aliphatic rings. The minimum Gasteiger partial charge on any atom is -0.508 e. The SMILES string of the molecule is OB(O)c1cc(O)ccc1-c1ccccc1. The van der Waals surface area contributed by atoms with Crippen LogP contribution >= 0.6 is 0 Å². The summed E-state index contributed by atoms with van der Waals surface area (Å²) >= 11 is 0. The second-order valence-corrected chi connectivity index (χ2v) is 3.51. The van der Waals surface area contributed by atoms with E-state index in [-0.39, 0.29) is 5.75 Å². The van der Waals surface area contributed by atoms with Crippen molar-refractivity contribution < 1.29 is 15.2 Å². The Morgan fingerprint density at radius 3 is 2.19 bits per heavy atom. The number of aromatic hydroxyl groups is 1. The fraction of sp³-hybridized carbons (Fsp3) is 0. The second kappa shape index (κ2) is 4.39. The highest BCUT2D eigenvalue weighted by molar-refractivity contribution is 6.60. The normalized spacial score (nSPS) is 10.1. The molecule has 0 bridgehead atoms. The molecule has 0 radical (unpaired) electrons. The van der Waals surface area contributed by atoms with E-state index in [1.165, 1.54) is 12.1 Å². The van der Waals surface area contributed by atoms with Crippen LogP contribution in [-0.4, -0.2) is 22.3 Å². The molecule has 0 fully saturated rings. The molecule has 0 heterocycles. The highest BCUT2D eigenvalue weighted by Gasteiger charge is 2.17. The van der Waals surface area contributed by atoms with Gasteiger partial charge in [-0.2, -0.15) is 0 Å². The molecule has 3 nitrogen and oxygen atoms in total. The molecule has 0 aliphatic heterocycles. The van der Waals surface area contributed by atoms with E-state index in [2.05, 4.69) is 0 Å².